The summed E-state index contributed by atoms with van der Waals surface area (Å²) in [6.07, 6.45) is 0. The van der Waals surface area contributed by atoms with E-state index in [-0.39, 0.29) is 5.91 Å². The molecule has 0 aliphatic rings. The van der Waals surface area contributed by atoms with Crippen molar-refractivity contribution in [2.45, 2.75) is 26.9 Å². The molecule has 4 aromatic rings. The fraction of sp³-hybridized carbons (Fsp3) is 0.182. The van der Waals surface area contributed by atoms with Crippen LogP contribution in [0.1, 0.15) is 32.2 Å². The number of hydrogen-bond donors (Lipinski definition) is 1. The molecule has 0 aliphatic heterocycles. The molecule has 27 heavy (non-hydrogen) atoms. The van der Waals surface area contributed by atoms with Crippen LogP contribution < -0.4 is 5.32 Å². The summed E-state index contributed by atoms with van der Waals surface area (Å²) in [5, 5.41) is 8.82. The molecule has 4 rings (SSSR count). The van der Waals surface area contributed by atoms with E-state index in [4.69, 9.17) is 0 Å². The van der Waals surface area contributed by atoms with Gasteiger partial charge in [-0.1, -0.05) is 48.5 Å². The summed E-state index contributed by atoms with van der Waals surface area (Å²) in [6, 6.07) is 20.3. The van der Waals surface area contributed by atoms with Crippen LogP contribution in [0, 0.1) is 13.8 Å². The van der Waals surface area contributed by atoms with Crippen molar-refractivity contribution < 1.29 is 4.79 Å². The Balaban J connectivity index is 1.48. The van der Waals surface area contributed by atoms with E-state index in [0.29, 0.717) is 6.54 Å². The first-order chi connectivity index (χ1) is 13.1. The molecule has 5 heteroatoms. The van der Waals surface area contributed by atoms with Gasteiger partial charge in [0.25, 0.3) is 5.91 Å². The Kier molecular flexibility index (Phi) is 4.77. The number of carbonyl (C=O) groups excluding carboxylic acids is 1. The average molecular weight is 375 g/mol. The third-order valence-corrected chi connectivity index (χ3v) is 5.90. The fourth-order valence-corrected chi connectivity index (χ4v) is 4.23. The molecular weight excluding hydrogens is 354 g/mol. The van der Waals surface area contributed by atoms with Crippen molar-refractivity contribution in [2.75, 3.05) is 0 Å². The maximum Gasteiger partial charge on any atom is 0.261 e. The molecule has 0 spiro atoms. The molecule has 0 fully saturated rings. The Morgan fingerprint density at radius 2 is 1.81 bits per heavy atom. The van der Waals surface area contributed by atoms with Crippen molar-refractivity contribution >= 4 is 27.3 Å². The highest BCUT2D eigenvalue weighted by molar-refractivity contribution is 7.20. The minimum atomic E-state index is -0.0363. The Morgan fingerprint density at radius 1 is 1.07 bits per heavy atom. The van der Waals surface area contributed by atoms with Crippen molar-refractivity contribution in [2.24, 2.45) is 0 Å². The van der Waals surface area contributed by atoms with Gasteiger partial charge in [0.2, 0.25) is 0 Å². The SMILES string of the molecule is Cc1nn(Cc2ccccc2)c(C)c1CNC(=O)c1cc2ccccc2s1. The van der Waals surface area contributed by atoms with E-state index in [2.05, 4.69) is 29.5 Å². The lowest BCUT2D eigenvalue weighted by atomic mass is 10.2. The van der Waals surface area contributed by atoms with Crippen LogP contribution in [0.3, 0.4) is 0 Å². The quantitative estimate of drug-likeness (QED) is 0.550. The number of carbonyl (C=O) groups is 1. The summed E-state index contributed by atoms with van der Waals surface area (Å²) in [7, 11) is 0. The average Bonchev–Trinajstić information content (AvgIpc) is 3.22. The molecule has 0 saturated heterocycles. The number of rotatable bonds is 5. The third-order valence-electron chi connectivity index (χ3n) is 4.78. The van der Waals surface area contributed by atoms with Gasteiger partial charge in [0.1, 0.15) is 0 Å². The van der Waals surface area contributed by atoms with E-state index in [0.717, 1.165) is 38.5 Å². The molecule has 0 atom stereocenters. The van der Waals surface area contributed by atoms with Gasteiger partial charge in [-0.05, 0) is 36.9 Å². The summed E-state index contributed by atoms with van der Waals surface area (Å²) in [5.74, 6) is -0.0363. The van der Waals surface area contributed by atoms with E-state index in [1.807, 2.05) is 60.1 Å². The highest BCUT2D eigenvalue weighted by Crippen LogP contribution is 2.25. The lowest BCUT2D eigenvalue weighted by molar-refractivity contribution is 0.0955. The fourth-order valence-electron chi connectivity index (χ4n) is 3.25. The van der Waals surface area contributed by atoms with Gasteiger partial charge in [-0.2, -0.15) is 5.10 Å². The van der Waals surface area contributed by atoms with Crippen molar-refractivity contribution in [3.05, 3.63) is 88.1 Å². The normalized spacial score (nSPS) is 11.0. The molecular formula is C22H21N3OS. The maximum atomic E-state index is 12.6. The molecule has 4 nitrogen and oxygen atoms in total. The molecule has 0 aliphatic carbocycles. The predicted octanol–water partition coefficient (Wildman–Crippen LogP) is 4.69. The topological polar surface area (TPSA) is 46.9 Å². The van der Waals surface area contributed by atoms with Crippen molar-refractivity contribution in [1.29, 1.82) is 0 Å². The lowest BCUT2D eigenvalue weighted by Crippen LogP contribution is -2.22. The minimum absolute atomic E-state index is 0.0363. The predicted molar refractivity (Wildman–Crippen MR) is 110 cm³/mol. The van der Waals surface area contributed by atoms with Gasteiger partial charge in [0.05, 0.1) is 17.1 Å². The van der Waals surface area contributed by atoms with Gasteiger partial charge in [0.15, 0.2) is 0 Å². The first kappa shape index (κ1) is 17.5. The number of benzene rings is 2. The summed E-state index contributed by atoms with van der Waals surface area (Å²) in [4.78, 5) is 13.3. The van der Waals surface area contributed by atoms with Crippen molar-refractivity contribution in [3.8, 4) is 0 Å². The van der Waals surface area contributed by atoms with Gasteiger partial charge in [-0.15, -0.1) is 11.3 Å². The van der Waals surface area contributed by atoms with E-state index in [1.165, 1.54) is 16.9 Å². The monoisotopic (exact) mass is 375 g/mol. The second-order valence-electron chi connectivity index (χ2n) is 6.62. The first-order valence-electron chi connectivity index (χ1n) is 8.95. The van der Waals surface area contributed by atoms with Gasteiger partial charge in [0, 0.05) is 22.5 Å². The van der Waals surface area contributed by atoms with Crippen LogP contribution in [0.5, 0.6) is 0 Å². The van der Waals surface area contributed by atoms with Gasteiger partial charge in [-0.3, -0.25) is 9.48 Å². The highest BCUT2D eigenvalue weighted by atomic mass is 32.1. The van der Waals surface area contributed by atoms with Crippen molar-refractivity contribution in [1.82, 2.24) is 15.1 Å². The lowest BCUT2D eigenvalue weighted by Gasteiger charge is -2.07. The minimum Gasteiger partial charge on any atom is -0.347 e. The molecule has 0 bridgehead atoms. The number of fused-ring (bicyclic) bond motifs is 1. The van der Waals surface area contributed by atoms with E-state index >= 15 is 0 Å². The molecule has 2 heterocycles. The van der Waals surface area contributed by atoms with E-state index < -0.39 is 0 Å². The molecule has 2 aromatic carbocycles. The van der Waals surface area contributed by atoms with E-state index in [9.17, 15) is 4.79 Å². The molecule has 2 aromatic heterocycles. The molecule has 0 unspecified atom stereocenters. The van der Waals surface area contributed by atoms with Crippen LogP contribution in [0.4, 0.5) is 0 Å². The number of thiophene rings is 1. The zero-order valence-electron chi connectivity index (χ0n) is 15.4. The van der Waals surface area contributed by atoms with Crippen LogP contribution >= 0.6 is 11.3 Å². The second-order valence-corrected chi connectivity index (χ2v) is 7.71. The molecule has 1 N–H and O–H groups in total. The summed E-state index contributed by atoms with van der Waals surface area (Å²) >= 11 is 1.52. The summed E-state index contributed by atoms with van der Waals surface area (Å²) in [6.45, 7) is 5.27. The zero-order valence-corrected chi connectivity index (χ0v) is 16.2. The van der Waals surface area contributed by atoms with Crippen LogP contribution in [0.2, 0.25) is 0 Å². The maximum absolute atomic E-state index is 12.6. The smallest absolute Gasteiger partial charge is 0.261 e. The van der Waals surface area contributed by atoms with Crippen LogP contribution in [-0.2, 0) is 13.1 Å². The molecule has 136 valence electrons. The number of aromatic nitrogens is 2. The zero-order chi connectivity index (χ0) is 18.8. The second kappa shape index (κ2) is 7.37. The molecule has 0 saturated carbocycles. The van der Waals surface area contributed by atoms with Crippen LogP contribution in [0.15, 0.2) is 60.7 Å². The summed E-state index contributed by atoms with van der Waals surface area (Å²) in [5.41, 5.74) is 4.34. The number of nitrogens with one attached hydrogen (secondary N) is 1. The van der Waals surface area contributed by atoms with E-state index in [1.54, 1.807) is 0 Å². The number of amides is 1. The third kappa shape index (κ3) is 3.64. The Hall–Kier alpha value is -2.92. The van der Waals surface area contributed by atoms with Gasteiger partial charge >= 0.3 is 0 Å². The first-order valence-corrected chi connectivity index (χ1v) is 9.77. The Labute approximate surface area is 162 Å². The Bertz CT molecular complexity index is 1060. The summed E-state index contributed by atoms with van der Waals surface area (Å²) < 4.78 is 3.14. The number of aryl methyl sites for hydroxylation is 1. The Morgan fingerprint density at radius 3 is 2.59 bits per heavy atom. The van der Waals surface area contributed by atoms with Crippen LogP contribution in [0.25, 0.3) is 10.1 Å². The molecule has 1 amide bonds. The number of nitrogens with zero attached hydrogens (tertiary/aromatic N) is 2. The standard InChI is InChI=1S/C22H21N3OS/c1-15-19(16(2)25(24-15)14-17-8-4-3-5-9-17)13-23-22(26)21-12-18-10-6-7-11-20(18)27-21/h3-12H,13-14H2,1-2H3,(H,23,26). The highest BCUT2D eigenvalue weighted by Gasteiger charge is 2.15. The van der Waals surface area contributed by atoms with Gasteiger partial charge < -0.3 is 5.32 Å². The largest absolute Gasteiger partial charge is 0.347 e. The molecule has 0 radical (unpaired) electrons. The van der Waals surface area contributed by atoms with Crippen molar-refractivity contribution in [3.63, 3.8) is 0 Å². The number of hydrogen-bond acceptors (Lipinski definition) is 3. The van der Waals surface area contributed by atoms with Crippen LogP contribution in [-0.4, -0.2) is 15.7 Å². The van der Waals surface area contributed by atoms with Gasteiger partial charge in [-0.25, -0.2) is 0 Å².